The molecule has 0 heterocycles. The normalized spacial score (nSPS) is 12.9. The predicted molar refractivity (Wildman–Crippen MR) is 206 cm³/mol. The molecule has 0 aliphatic rings. The smallest absolute Gasteiger partial charge is 0.328 e. The van der Waals surface area contributed by atoms with Crippen molar-refractivity contribution in [2.75, 3.05) is 6.54 Å². The number of hydrogen-bond donors (Lipinski definition) is 3. The van der Waals surface area contributed by atoms with Crippen LogP contribution in [-0.4, -0.2) is 46.9 Å². The summed E-state index contributed by atoms with van der Waals surface area (Å²) in [5.41, 5.74) is -0.544. The molecule has 0 fully saturated rings. The number of rotatable bonds is 23. The first kappa shape index (κ1) is 42.2. The highest BCUT2D eigenvalue weighted by molar-refractivity contribution is 6.30. The second-order valence-electron chi connectivity index (χ2n) is 12.1. The van der Waals surface area contributed by atoms with E-state index in [0.717, 1.165) is 38.5 Å². The van der Waals surface area contributed by atoms with Crippen molar-refractivity contribution in [2.45, 2.75) is 83.8 Å². The van der Waals surface area contributed by atoms with E-state index in [-0.39, 0.29) is 24.7 Å². The molecule has 8 nitrogen and oxygen atoms in total. The molecule has 0 saturated heterocycles. The largest absolute Gasteiger partial charge is 0.480 e. The minimum atomic E-state index is -1.45. The SMILES string of the molecule is CCC=CCC=CCC=CCC=CCC=CCC=CCCC(=O)NCC(NC(=O)C(C)(C)Oc1ccc(C(=O)c2ccc(Cl)cc2)cc1)C(=O)O. The van der Waals surface area contributed by atoms with Crippen LogP contribution < -0.4 is 15.4 Å². The molecule has 0 bridgehead atoms. The number of aliphatic carboxylic acids is 1. The van der Waals surface area contributed by atoms with Gasteiger partial charge in [-0.3, -0.25) is 14.4 Å². The molecule has 3 N–H and O–H groups in total. The highest BCUT2D eigenvalue weighted by Crippen LogP contribution is 2.21. The number of ether oxygens (including phenoxy) is 1. The number of ketones is 1. The maximum absolute atomic E-state index is 13.0. The number of halogens is 1. The lowest BCUT2D eigenvalue weighted by Crippen LogP contribution is -2.55. The summed E-state index contributed by atoms with van der Waals surface area (Å²) in [5, 5.41) is 15.2. The number of allylic oxidation sites excluding steroid dienone is 12. The zero-order valence-electron chi connectivity index (χ0n) is 29.9. The third-order valence-corrected chi connectivity index (χ3v) is 7.64. The molecule has 2 aromatic carbocycles. The van der Waals surface area contributed by atoms with Crippen LogP contribution in [0.15, 0.2) is 121 Å². The molecular formula is C42H51ClN2O6. The van der Waals surface area contributed by atoms with Gasteiger partial charge in [0.05, 0.1) is 0 Å². The van der Waals surface area contributed by atoms with Crippen LogP contribution >= 0.6 is 11.6 Å². The minimum Gasteiger partial charge on any atom is -0.480 e. The summed E-state index contributed by atoms with van der Waals surface area (Å²) in [6.45, 7) is 4.85. The van der Waals surface area contributed by atoms with E-state index < -0.39 is 23.5 Å². The highest BCUT2D eigenvalue weighted by atomic mass is 35.5. The highest BCUT2D eigenvalue weighted by Gasteiger charge is 2.33. The molecule has 0 aliphatic carbocycles. The van der Waals surface area contributed by atoms with E-state index in [1.807, 2.05) is 12.2 Å². The van der Waals surface area contributed by atoms with E-state index in [2.05, 4.69) is 78.3 Å². The maximum atomic E-state index is 13.0. The zero-order valence-corrected chi connectivity index (χ0v) is 30.6. The summed E-state index contributed by atoms with van der Waals surface area (Å²) in [5.74, 6) is -2.17. The van der Waals surface area contributed by atoms with Crippen molar-refractivity contribution in [1.29, 1.82) is 0 Å². The molecule has 2 amide bonds. The fourth-order valence-corrected chi connectivity index (χ4v) is 4.60. The van der Waals surface area contributed by atoms with Gasteiger partial charge in [-0.25, -0.2) is 4.79 Å². The summed E-state index contributed by atoms with van der Waals surface area (Å²) in [4.78, 5) is 49.8. The van der Waals surface area contributed by atoms with Crippen molar-refractivity contribution in [3.05, 3.63) is 138 Å². The van der Waals surface area contributed by atoms with Crippen LogP contribution in [0.5, 0.6) is 5.75 Å². The fourth-order valence-electron chi connectivity index (χ4n) is 4.47. The van der Waals surface area contributed by atoms with E-state index in [0.29, 0.717) is 28.3 Å². The summed E-state index contributed by atoms with van der Waals surface area (Å²) in [6, 6.07) is 11.5. The molecule has 9 heteroatoms. The molecule has 0 spiro atoms. The van der Waals surface area contributed by atoms with Crippen molar-refractivity contribution in [2.24, 2.45) is 0 Å². The number of carboxylic acids is 1. The van der Waals surface area contributed by atoms with Gasteiger partial charge in [-0.2, -0.15) is 0 Å². The van der Waals surface area contributed by atoms with Crippen molar-refractivity contribution in [1.82, 2.24) is 10.6 Å². The lowest BCUT2D eigenvalue weighted by molar-refractivity contribution is -0.145. The Morgan fingerprint density at radius 2 is 1.18 bits per heavy atom. The van der Waals surface area contributed by atoms with Gasteiger partial charge in [-0.15, -0.1) is 0 Å². The van der Waals surface area contributed by atoms with E-state index in [1.54, 1.807) is 48.5 Å². The number of amides is 2. The fraction of sp³-hybridized carbons (Fsp3) is 0.333. The Hall–Kier alpha value is -4.95. The molecule has 0 saturated carbocycles. The third kappa shape index (κ3) is 18.0. The summed E-state index contributed by atoms with van der Waals surface area (Å²) < 4.78 is 5.83. The van der Waals surface area contributed by atoms with Crippen LogP contribution in [-0.2, 0) is 14.4 Å². The average molecular weight is 715 g/mol. The molecule has 0 radical (unpaired) electrons. The quantitative estimate of drug-likeness (QED) is 0.0781. The number of hydrogen-bond acceptors (Lipinski definition) is 5. The third-order valence-electron chi connectivity index (χ3n) is 7.38. The summed E-state index contributed by atoms with van der Waals surface area (Å²) in [6.07, 6.45) is 31.6. The molecule has 1 unspecified atom stereocenters. The second kappa shape index (κ2) is 24.2. The van der Waals surface area contributed by atoms with Gasteiger partial charge in [0.2, 0.25) is 5.91 Å². The average Bonchev–Trinajstić information content (AvgIpc) is 3.11. The maximum Gasteiger partial charge on any atom is 0.328 e. The topological polar surface area (TPSA) is 122 Å². The summed E-state index contributed by atoms with van der Waals surface area (Å²) >= 11 is 5.90. The van der Waals surface area contributed by atoms with E-state index in [4.69, 9.17) is 16.3 Å². The van der Waals surface area contributed by atoms with Crippen LogP contribution in [0.3, 0.4) is 0 Å². The van der Waals surface area contributed by atoms with Gasteiger partial charge in [0, 0.05) is 29.1 Å². The Kier molecular flexibility index (Phi) is 20.1. The van der Waals surface area contributed by atoms with Gasteiger partial charge in [-0.05, 0) is 107 Å². The first-order chi connectivity index (χ1) is 24.5. The van der Waals surface area contributed by atoms with Crippen molar-refractivity contribution < 1.29 is 29.0 Å². The van der Waals surface area contributed by atoms with Gasteiger partial charge in [-0.1, -0.05) is 91.4 Å². The van der Waals surface area contributed by atoms with Crippen LogP contribution in [0, 0.1) is 0 Å². The monoisotopic (exact) mass is 714 g/mol. The number of nitrogens with one attached hydrogen (secondary N) is 2. The predicted octanol–water partition coefficient (Wildman–Crippen LogP) is 8.89. The number of carbonyl (C=O) groups excluding carboxylic acids is 3. The van der Waals surface area contributed by atoms with Gasteiger partial charge in [0.25, 0.3) is 5.91 Å². The van der Waals surface area contributed by atoms with Gasteiger partial charge < -0.3 is 20.5 Å². The van der Waals surface area contributed by atoms with Crippen LogP contribution in [0.2, 0.25) is 5.02 Å². The first-order valence-electron chi connectivity index (χ1n) is 17.3. The molecule has 0 aromatic heterocycles. The van der Waals surface area contributed by atoms with Gasteiger partial charge >= 0.3 is 5.97 Å². The van der Waals surface area contributed by atoms with Crippen molar-refractivity contribution in [3.63, 3.8) is 0 Å². The Morgan fingerprint density at radius 3 is 1.65 bits per heavy atom. The Labute approximate surface area is 307 Å². The Balaban J connectivity index is 1.66. The van der Waals surface area contributed by atoms with E-state index in [1.165, 1.54) is 13.8 Å². The molecule has 2 rings (SSSR count). The molecule has 2 aromatic rings. The van der Waals surface area contributed by atoms with Crippen LogP contribution in [0.25, 0.3) is 0 Å². The molecule has 272 valence electrons. The molecule has 1 atom stereocenters. The van der Waals surface area contributed by atoms with E-state index >= 15 is 0 Å². The first-order valence-corrected chi connectivity index (χ1v) is 17.7. The molecule has 51 heavy (non-hydrogen) atoms. The second-order valence-corrected chi connectivity index (χ2v) is 12.5. The zero-order chi connectivity index (χ0) is 37.3. The van der Waals surface area contributed by atoms with Crippen molar-refractivity contribution >= 4 is 35.2 Å². The Bertz CT molecular complexity index is 1570. The number of carboxylic acid groups (broad SMARTS) is 1. The van der Waals surface area contributed by atoms with Gasteiger partial charge in [0.15, 0.2) is 11.4 Å². The number of carbonyl (C=O) groups is 4. The van der Waals surface area contributed by atoms with Gasteiger partial charge in [0.1, 0.15) is 11.8 Å². The standard InChI is InChI=1S/C42H51ClN2O6/c1-4-5-6-7-8-9-10-11-12-13-14-15-16-17-18-19-20-21-22-23-38(46)44-32-37(40(48)49)45-41(50)42(2,3)51-36-30-26-34(27-31-36)39(47)33-24-28-35(43)29-25-33/h5-6,8-9,11-12,14-15,17-18,20-21,24-31,37H,4,7,10,13,16,19,22-23,32H2,1-3H3,(H,44,46)(H,45,50)(H,48,49). The van der Waals surface area contributed by atoms with Crippen molar-refractivity contribution in [3.8, 4) is 5.75 Å². The lowest BCUT2D eigenvalue weighted by atomic mass is 10.0. The minimum absolute atomic E-state index is 0.188. The molecule has 0 aliphatic heterocycles. The molecular weight excluding hydrogens is 664 g/mol. The number of benzene rings is 2. The van der Waals surface area contributed by atoms with Crippen LogP contribution in [0.4, 0.5) is 0 Å². The van der Waals surface area contributed by atoms with Crippen LogP contribution in [0.1, 0.15) is 88.1 Å². The lowest BCUT2D eigenvalue weighted by Gasteiger charge is -2.27. The van der Waals surface area contributed by atoms with E-state index in [9.17, 15) is 24.3 Å². The summed E-state index contributed by atoms with van der Waals surface area (Å²) in [7, 11) is 0. The Morgan fingerprint density at radius 1 is 0.725 bits per heavy atom.